The van der Waals surface area contributed by atoms with Gasteiger partial charge in [0.25, 0.3) is 0 Å². The Hall–Kier alpha value is -4.02. The molecule has 15 aliphatic rings. The van der Waals surface area contributed by atoms with E-state index in [1.54, 1.807) is 31.0 Å². The van der Waals surface area contributed by atoms with Crippen molar-refractivity contribution in [3.05, 3.63) is 90.3 Å². The second-order valence-electron chi connectivity index (χ2n) is 30.1. The van der Waals surface area contributed by atoms with Gasteiger partial charge in [0.2, 0.25) is 17.4 Å². The summed E-state index contributed by atoms with van der Waals surface area (Å²) < 4.78 is 38.9. The molecule has 96 heavy (non-hydrogen) atoms. The van der Waals surface area contributed by atoms with E-state index in [1.807, 2.05) is 105 Å². The summed E-state index contributed by atoms with van der Waals surface area (Å²) in [6.07, 6.45) is 24.7. The van der Waals surface area contributed by atoms with Crippen molar-refractivity contribution in [2.75, 3.05) is 0 Å². The quantitative estimate of drug-likeness (QED) is 0.130. The predicted molar refractivity (Wildman–Crippen MR) is 361 cm³/mol. The van der Waals surface area contributed by atoms with Crippen LogP contribution < -0.4 is 0 Å². The molecule has 15 fully saturated rings. The standard InChI is InChI=1S/3C24H33NO5.3C2H6/c1-15-4-6-20-16(2)21(7-5-18(26)14-17-9-12-25-13-10-17)27-22-24(20)19(15)8-11-23(3,28-22)29-30-24;1-15-6-8-20-16(2)21(9-7-18(26)13-17-5-4-12-25-14-17)27-22-24(20)19(15)10-11-23(3,28-22)29-30-24;1-15-7-9-20-16(2)21(10-8-18(26)14-17-6-4-5-13-25-17)27-22-24(20)19(15)11-12-23(3,28-22)29-30-24;3*1-2/h9-10,12-13,15-16,19-22H,4-8,11,14H2,1-3H3;4-5,12,14-16,19-22H,6-11,13H2,1-3H3;4-6,13,15-16,19-22H,7-12,14H2,1-3H3;3*1-2H3/t3*15-,16-,19+,20+,21-,22-,23+,24-;;;/m111.../s1. The Labute approximate surface area is 573 Å². The molecule has 0 unspecified atom stereocenters. The maximum absolute atomic E-state index is 12.6. The molecule has 3 aliphatic carbocycles. The van der Waals surface area contributed by atoms with Crippen LogP contribution in [0.15, 0.2) is 73.4 Å². The van der Waals surface area contributed by atoms with Gasteiger partial charge in [-0.05, 0) is 193 Å². The number of nitrogens with zero attached hydrogens (tertiary/aromatic N) is 3. The lowest BCUT2D eigenvalue weighted by Gasteiger charge is -2.60. The number of ether oxygens (including phenoxy) is 6. The van der Waals surface area contributed by atoms with Crippen molar-refractivity contribution in [3.8, 4) is 0 Å². The minimum absolute atomic E-state index is 0.00683. The normalized spacial score (nSPS) is 42.3. The molecule has 15 heterocycles. The summed E-state index contributed by atoms with van der Waals surface area (Å²) in [5.74, 6) is 3.04. The van der Waals surface area contributed by atoms with Crippen LogP contribution >= 0.6 is 0 Å². The Balaban J connectivity index is 0.000000151. The van der Waals surface area contributed by atoms with Gasteiger partial charge < -0.3 is 28.4 Å². The summed E-state index contributed by atoms with van der Waals surface area (Å²) >= 11 is 0. The van der Waals surface area contributed by atoms with E-state index in [0.29, 0.717) is 111 Å². The zero-order valence-electron chi connectivity index (χ0n) is 60.6. The number of ketones is 3. The number of hydrogen-bond acceptors (Lipinski definition) is 18. The highest BCUT2D eigenvalue weighted by molar-refractivity contribution is 5.81. The highest BCUT2D eigenvalue weighted by Gasteiger charge is 2.72. The average molecular weight is 1340 g/mol. The van der Waals surface area contributed by atoms with Crippen LogP contribution in [-0.2, 0) is 91.4 Å². The maximum atomic E-state index is 12.6. The van der Waals surface area contributed by atoms with Gasteiger partial charge in [0.05, 0.1) is 18.3 Å². The first-order valence-electron chi connectivity index (χ1n) is 37.6. The van der Waals surface area contributed by atoms with Crippen molar-refractivity contribution in [2.45, 2.75) is 310 Å². The molecule has 3 aromatic heterocycles. The number of hydrogen-bond donors (Lipinski definition) is 0. The molecule has 18 rings (SSSR count). The summed E-state index contributed by atoms with van der Waals surface area (Å²) in [7, 11) is 0. The molecule has 0 aromatic carbocycles. The Morgan fingerprint density at radius 3 is 1.16 bits per heavy atom. The van der Waals surface area contributed by atoms with Crippen LogP contribution in [0, 0.1) is 71.0 Å². The third-order valence-electron chi connectivity index (χ3n) is 24.4. The number of Topliss-reactive ketones (excluding diaryl/α,β-unsaturated/α-hetero) is 3. The van der Waals surface area contributed by atoms with Gasteiger partial charge >= 0.3 is 0 Å². The van der Waals surface area contributed by atoms with E-state index in [0.717, 1.165) is 81.0 Å². The summed E-state index contributed by atoms with van der Waals surface area (Å²) in [4.78, 5) is 86.3. The molecule has 6 bridgehead atoms. The second-order valence-corrected chi connectivity index (χ2v) is 30.1. The van der Waals surface area contributed by atoms with E-state index in [4.69, 9.17) is 57.7 Å². The number of rotatable bonds is 15. The smallest absolute Gasteiger partial charge is 0.201 e. The average Bonchev–Trinajstić information content (AvgIpc) is 1.37. The molecule has 0 N–H and O–H groups in total. The van der Waals surface area contributed by atoms with Gasteiger partial charge in [0.1, 0.15) is 17.3 Å². The Morgan fingerprint density at radius 1 is 0.406 bits per heavy atom. The minimum Gasteiger partial charge on any atom is -0.346 e. The number of pyridine rings is 3. The Kier molecular flexibility index (Phi) is 24.8. The monoisotopic (exact) mass is 1340 g/mol. The topological polar surface area (TPSA) is 201 Å². The van der Waals surface area contributed by atoms with Gasteiger partial charge in [0.15, 0.2) is 35.7 Å². The molecule has 3 spiro atoms. The second kappa shape index (κ2) is 31.9. The first-order valence-corrected chi connectivity index (χ1v) is 37.6. The van der Waals surface area contributed by atoms with E-state index in [-0.39, 0.29) is 47.5 Å². The van der Waals surface area contributed by atoms with E-state index in [1.165, 1.54) is 19.3 Å². The molecule has 3 aromatic rings. The third kappa shape index (κ3) is 15.0. The van der Waals surface area contributed by atoms with Crippen LogP contribution in [0.2, 0.25) is 0 Å². The highest BCUT2D eigenvalue weighted by atomic mass is 17.3. The summed E-state index contributed by atoms with van der Waals surface area (Å²) in [5.41, 5.74) is 1.23. The summed E-state index contributed by atoms with van der Waals surface area (Å²) in [6, 6.07) is 13.3. The van der Waals surface area contributed by atoms with Gasteiger partial charge in [-0.2, -0.15) is 0 Å². The largest absolute Gasteiger partial charge is 0.346 e. The number of carbonyl (C=O) groups excluding carboxylic acids is 3. The first-order chi connectivity index (χ1) is 46.2. The van der Waals surface area contributed by atoms with Crippen LogP contribution in [0.5, 0.6) is 0 Å². The Bertz CT molecular complexity index is 2680. The van der Waals surface area contributed by atoms with Crippen LogP contribution in [0.3, 0.4) is 0 Å². The van der Waals surface area contributed by atoms with E-state index in [2.05, 4.69) is 56.5 Å². The highest BCUT2D eigenvalue weighted by Crippen LogP contribution is 2.64. The van der Waals surface area contributed by atoms with E-state index in [9.17, 15) is 14.4 Å². The molecule has 534 valence electrons. The predicted octanol–water partition coefficient (Wildman–Crippen LogP) is 15.8. The van der Waals surface area contributed by atoms with Crippen LogP contribution in [0.1, 0.15) is 236 Å². The van der Waals surface area contributed by atoms with Gasteiger partial charge in [-0.1, -0.05) is 95.2 Å². The van der Waals surface area contributed by atoms with E-state index < -0.39 is 53.0 Å². The molecule has 12 aliphatic heterocycles. The van der Waals surface area contributed by atoms with Gasteiger partial charge in [-0.3, -0.25) is 29.3 Å². The molecule has 18 heteroatoms. The molecule has 0 radical (unpaired) electrons. The zero-order chi connectivity index (χ0) is 68.8. The summed E-state index contributed by atoms with van der Waals surface area (Å²) in [6.45, 7) is 31.6. The number of carbonyl (C=O) groups is 3. The molecule has 18 nitrogen and oxygen atoms in total. The van der Waals surface area contributed by atoms with Crippen molar-refractivity contribution in [3.63, 3.8) is 0 Å². The maximum Gasteiger partial charge on any atom is 0.201 e. The van der Waals surface area contributed by atoms with Gasteiger partial charge in [-0.15, -0.1) is 0 Å². The fourth-order valence-corrected chi connectivity index (χ4v) is 19.3. The molecular weight excluding hydrogens is 1220 g/mol. The number of aromatic nitrogens is 3. The SMILES string of the molecule is CC.CC.CC.C[C@H]1[C@@H](CCC(=O)Cc2ccccn2)O[C@@H]2O[C@]3(C)CC[C@H]4[C@H](C)CC[C@@H]1[C@@]24OO3.C[C@H]1[C@@H](CCC(=O)Cc2cccnc2)O[C@@H]2O[C@]3(C)CC[C@H]4[C@H](C)CC[C@@H]1[C@@]24OO3.C[C@H]1[C@@H](CCC(=O)Cc2ccncc2)O[C@@H]2O[C@]3(C)CC[C@H]4[C@H](C)CC[C@@H]1[C@@]24OO3. The van der Waals surface area contributed by atoms with Crippen LogP contribution in [0.25, 0.3) is 0 Å². The lowest BCUT2D eigenvalue weighted by molar-refractivity contribution is -0.571. The minimum atomic E-state index is -0.753. The lowest BCUT2D eigenvalue weighted by Crippen LogP contribution is -2.70. The van der Waals surface area contributed by atoms with Crippen molar-refractivity contribution < 1.29 is 72.1 Å². The van der Waals surface area contributed by atoms with Crippen LogP contribution in [-0.4, -0.2) is 104 Å². The lowest BCUT2D eigenvalue weighted by atomic mass is 9.57. The van der Waals surface area contributed by atoms with Gasteiger partial charge in [-0.25, -0.2) is 29.3 Å². The number of fused-ring (bicyclic) bond motifs is 6. The first kappa shape index (κ1) is 74.7. The molecule has 3 saturated carbocycles. The summed E-state index contributed by atoms with van der Waals surface area (Å²) in [5, 5.41) is 0. The molecule has 12 saturated heterocycles. The fraction of sp³-hybridized carbons (Fsp3) is 0.769. The fourth-order valence-electron chi connectivity index (χ4n) is 19.3. The van der Waals surface area contributed by atoms with E-state index >= 15 is 0 Å². The van der Waals surface area contributed by atoms with Crippen LogP contribution in [0.4, 0.5) is 0 Å². The molecule has 24 atom stereocenters. The van der Waals surface area contributed by atoms with Crippen molar-refractivity contribution >= 4 is 17.3 Å². The molecule has 0 amide bonds. The van der Waals surface area contributed by atoms with Crippen molar-refractivity contribution in [1.29, 1.82) is 0 Å². The molecular formula is C78H117N3O15. The zero-order valence-corrected chi connectivity index (χ0v) is 60.6. The Morgan fingerprint density at radius 2 is 0.792 bits per heavy atom. The van der Waals surface area contributed by atoms with Crippen molar-refractivity contribution in [1.82, 2.24) is 15.0 Å². The third-order valence-corrected chi connectivity index (χ3v) is 24.4. The van der Waals surface area contributed by atoms with Gasteiger partial charge in [0, 0.05) is 112 Å². The van der Waals surface area contributed by atoms with Crippen molar-refractivity contribution in [2.24, 2.45) is 71.0 Å².